The first kappa shape index (κ1) is 12.4. The van der Waals surface area contributed by atoms with Crippen LogP contribution >= 0.6 is 0 Å². The fraction of sp³-hybridized carbons (Fsp3) is 0.900. The molecule has 0 aromatic heterocycles. The Hall–Kier alpha value is -0.570. The van der Waals surface area contributed by atoms with Crippen molar-refractivity contribution in [1.29, 1.82) is 0 Å². The van der Waals surface area contributed by atoms with Crippen LogP contribution in [0.3, 0.4) is 0 Å². The summed E-state index contributed by atoms with van der Waals surface area (Å²) in [6, 6.07) is -0.693. The van der Waals surface area contributed by atoms with Gasteiger partial charge in [-0.05, 0) is 12.3 Å². The minimum Gasteiger partial charge on any atom is -0.480 e. The molecule has 0 aromatic rings. The van der Waals surface area contributed by atoms with E-state index in [1.54, 1.807) is 0 Å². The first-order valence-corrected chi connectivity index (χ1v) is 5.08. The maximum Gasteiger partial charge on any atom is 0.320 e. The third kappa shape index (κ3) is 5.64. The molecular formula is C10H21NO2. The van der Waals surface area contributed by atoms with Gasteiger partial charge in [-0.3, -0.25) is 4.79 Å². The van der Waals surface area contributed by atoms with Crippen molar-refractivity contribution < 1.29 is 9.90 Å². The number of carbonyl (C=O) groups is 1. The molecular weight excluding hydrogens is 166 g/mol. The van der Waals surface area contributed by atoms with Crippen LogP contribution in [0.4, 0.5) is 0 Å². The van der Waals surface area contributed by atoms with Crippen molar-refractivity contribution in [1.82, 2.24) is 0 Å². The second-order valence-electron chi connectivity index (χ2n) is 3.69. The molecule has 78 valence electrons. The lowest BCUT2D eigenvalue weighted by Gasteiger charge is -2.15. The van der Waals surface area contributed by atoms with E-state index in [9.17, 15) is 4.79 Å². The van der Waals surface area contributed by atoms with Crippen LogP contribution in [0.5, 0.6) is 0 Å². The molecule has 0 fully saturated rings. The first-order valence-electron chi connectivity index (χ1n) is 5.08. The van der Waals surface area contributed by atoms with Gasteiger partial charge >= 0.3 is 5.97 Å². The second kappa shape index (κ2) is 6.89. The number of aliphatic carboxylic acids is 1. The van der Waals surface area contributed by atoms with E-state index in [-0.39, 0.29) is 5.92 Å². The second-order valence-corrected chi connectivity index (χ2v) is 3.69. The number of nitrogens with two attached hydrogens (primary N) is 1. The summed E-state index contributed by atoms with van der Waals surface area (Å²) < 4.78 is 0. The third-order valence-electron chi connectivity index (χ3n) is 2.41. The molecule has 3 heteroatoms. The Morgan fingerprint density at radius 3 is 2.46 bits per heavy atom. The summed E-state index contributed by atoms with van der Waals surface area (Å²) >= 11 is 0. The zero-order chi connectivity index (χ0) is 10.3. The SMILES string of the molecule is CCCCCCC(C)C(N)C(=O)O. The molecule has 0 saturated heterocycles. The number of hydrogen-bond donors (Lipinski definition) is 2. The fourth-order valence-electron chi connectivity index (χ4n) is 1.32. The molecule has 0 saturated carbocycles. The molecule has 3 N–H and O–H groups in total. The Labute approximate surface area is 80.3 Å². The van der Waals surface area contributed by atoms with Crippen molar-refractivity contribution in [2.75, 3.05) is 0 Å². The van der Waals surface area contributed by atoms with Crippen LogP contribution in [0.2, 0.25) is 0 Å². The Morgan fingerprint density at radius 1 is 1.38 bits per heavy atom. The molecule has 0 amide bonds. The minimum absolute atomic E-state index is 0.0920. The number of carboxylic acid groups (broad SMARTS) is 1. The maximum absolute atomic E-state index is 10.5. The zero-order valence-corrected chi connectivity index (χ0v) is 8.62. The van der Waals surface area contributed by atoms with E-state index >= 15 is 0 Å². The number of carboxylic acids is 1. The van der Waals surface area contributed by atoms with Gasteiger partial charge < -0.3 is 10.8 Å². The molecule has 0 aliphatic carbocycles. The highest BCUT2D eigenvalue weighted by atomic mass is 16.4. The molecule has 0 rings (SSSR count). The van der Waals surface area contributed by atoms with Gasteiger partial charge in [0.15, 0.2) is 0 Å². The lowest BCUT2D eigenvalue weighted by atomic mass is 9.96. The Bertz CT molecular complexity index is 148. The maximum atomic E-state index is 10.5. The lowest BCUT2D eigenvalue weighted by molar-refractivity contribution is -0.139. The predicted octanol–water partition coefficient (Wildman–Crippen LogP) is 2.00. The van der Waals surface area contributed by atoms with Gasteiger partial charge in [-0.15, -0.1) is 0 Å². The van der Waals surface area contributed by atoms with Crippen LogP contribution in [0, 0.1) is 5.92 Å². The van der Waals surface area contributed by atoms with Gasteiger partial charge in [0.25, 0.3) is 0 Å². The van der Waals surface area contributed by atoms with Crippen molar-refractivity contribution in [3.63, 3.8) is 0 Å². The van der Waals surface area contributed by atoms with Crippen molar-refractivity contribution in [2.45, 2.75) is 52.0 Å². The van der Waals surface area contributed by atoms with Gasteiger partial charge in [0.1, 0.15) is 6.04 Å². The number of hydrogen-bond acceptors (Lipinski definition) is 2. The largest absolute Gasteiger partial charge is 0.480 e. The Kier molecular flexibility index (Phi) is 6.59. The topological polar surface area (TPSA) is 63.3 Å². The normalized spacial score (nSPS) is 15.3. The third-order valence-corrected chi connectivity index (χ3v) is 2.41. The molecule has 3 nitrogen and oxygen atoms in total. The summed E-state index contributed by atoms with van der Waals surface area (Å²) in [4.78, 5) is 10.5. The Morgan fingerprint density at radius 2 is 2.00 bits per heavy atom. The Balaban J connectivity index is 3.50. The van der Waals surface area contributed by atoms with Gasteiger partial charge in [-0.2, -0.15) is 0 Å². The lowest BCUT2D eigenvalue weighted by Crippen LogP contribution is -2.36. The average Bonchev–Trinajstić information content (AvgIpc) is 2.10. The summed E-state index contributed by atoms with van der Waals surface area (Å²) in [5, 5.41) is 8.63. The molecule has 0 radical (unpaired) electrons. The van der Waals surface area contributed by atoms with Crippen LogP contribution < -0.4 is 5.73 Å². The highest BCUT2D eigenvalue weighted by Crippen LogP contribution is 2.12. The van der Waals surface area contributed by atoms with E-state index in [0.717, 1.165) is 12.8 Å². The molecule has 0 heterocycles. The van der Waals surface area contributed by atoms with Crippen LogP contribution in [-0.2, 0) is 4.79 Å². The van der Waals surface area contributed by atoms with E-state index in [1.165, 1.54) is 19.3 Å². The van der Waals surface area contributed by atoms with Gasteiger partial charge in [0.2, 0.25) is 0 Å². The molecule has 0 spiro atoms. The number of rotatable bonds is 7. The zero-order valence-electron chi connectivity index (χ0n) is 8.62. The van der Waals surface area contributed by atoms with Gasteiger partial charge in [0.05, 0.1) is 0 Å². The minimum atomic E-state index is -0.886. The summed E-state index contributed by atoms with van der Waals surface area (Å²) in [5.74, 6) is -0.794. The van der Waals surface area contributed by atoms with Crippen LogP contribution in [0.15, 0.2) is 0 Å². The quantitative estimate of drug-likeness (QED) is 0.599. The van der Waals surface area contributed by atoms with E-state index < -0.39 is 12.0 Å². The molecule has 0 aliphatic heterocycles. The van der Waals surface area contributed by atoms with Crippen LogP contribution in [-0.4, -0.2) is 17.1 Å². The smallest absolute Gasteiger partial charge is 0.320 e. The van der Waals surface area contributed by atoms with Crippen molar-refractivity contribution in [3.05, 3.63) is 0 Å². The van der Waals surface area contributed by atoms with Gasteiger partial charge in [0, 0.05) is 0 Å². The van der Waals surface area contributed by atoms with Gasteiger partial charge in [-0.1, -0.05) is 39.5 Å². The summed E-state index contributed by atoms with van der Waals surface area (Å²) in [6.07, 6.45) is 5.64. The predicted molar refractivity (Wildman–Crippen MR) is 53.5 cm³/mol. The van der Waals surface area contributed by atoms with E-state index in [0.29, 0.717) is 0 Å². The monoisotopic (exact) mass is 187 g/mol. The van der Waals surface area contributed by atoms with Crippen molar-refractivity contribution >= 4 is 5.97 Å². The summed E-state index contributed by atoms with van der Waals surface area (Å²) in [6.45, 7) is 4.07. The molecule has 2 atom stereocenters. The fourth-order valence-corrected chi connectivity index (χ4v) is 1.32. The molecule has 13 heavy (non-hydrogen) atoms. The molecule has 0 aliphatic rings. The van der Waals surface area contributed by atoms with Crippen molar-refractivity contribution in [3.8, 4) is 0 Å². The van der Waals surface area contributed by atoms with E-state index in [4.69, 9.17) is 10.8 Å². The highest BCUT2D eigenvalue weighted by Gasteiger charge is 2.18. The molecule has 0 bridgehead atoms. The van der Waals surface area contributed by atoms with Crippen LogP contribution in [0.1, 0.15) is 46.0 Å². The van der Waals surface area contributed by atoms with Crippen molar-refractivity contribution in [2.24, 2.45) is 11.7 Å². The first-order chi connectivity index (χ1) is 6.09. The molecule has 2 unspecified atom stereocenters. The van der Waals surface area contributed by atoms with E-state index in [1.807, 2.05) is 6.92 Å². The van der Waals surface area contributed by atoms with Crippen LogP contribution in [0.25, 0.3) is 0 Å². The standard InChI is InChI=1S/C10H21NO2/c1-3-4-5-6-7-8(2)9(11)10(12)13/h8-9H,3-7,11H2,1-2H3,(H,12,13). The number of unbranched alkanes of at least 4 members (excludes halogenated alkanes) is 3. The molecule has 0 aromatic carbocycles. The average molecular weight is 187 g/mol. The van der Waals surface area contributed by atoms with E-state index in [2.05, 4.69) is 6.92 Å². The summed E-state index contributed by atoms with van der Waals surface area (Å²) in [5.41, 5.74) is 5.48. The highest BCUT2D eigenvalue weighted by molar-refractivity contribution is 5.73. The summed E-state index contributed by atoms with van der Waals surface area (Å²) in [7, 11) is 0. The van der Waals surface area contributed by atoms with Gasteiger partial charge in [-0.25, -0.2) is 0 Å².